The lowest BCUT2D eigenvalue weighted by Crippen LogP contribution is -2.40. The molecule has 8 nitrogen and oxygen atoms in total. The lowest BCUT2D eigenvalue weighted by molar-refractivity contribution is -0.125. The third-order valence-corrected chi connectivity index (χ3v) is 6.13. The molecule has 33 heavy (non-hydrogen) atoms. The summed E-state index contributed by atoms with van der Waals surface area (Å²) in [4.78, 5) is 14.9. The van der Waals surface area contributed by atoms with Gasteiger partial charge in [-0.05, 0) is 54.8 Å². The van der Waals surface area contributed by atoms with Gasteiger partial charge >= 0.3 is 0 Å². The maximum atomic E-state index is 12.7. The van der Waals surface area contributed by atoms with Crippen LogP contribution < -0.4 is 24.4 Å². The van der Waals surface area contributed by atoms with Crippen molar-refractivity contribution in [3.63, 3.8) is 0 Å². The van der Waals surface area contributed by atoms with Gasteiger partial charge in [0.2, 0.25) is 12.7 Å². The smallest absolute Gasteiger partial charge is 0.231 e. The maximum Gasteiger partial charge on any atom is 0.231 e. The molecule has 1 N–H and O–H groups in total. The monoisotopic (exact) mass is 446 g/mol. The number of anilines is 1. The van der Waals surface area contributed by atoms with Gasteiger partial charge in [-0.1, -0.05) is 18.2 Å². The van der Waals surface area contributed by atoms with Crippen LogP contribution in [0.25, 0.3) is 11.3 Å². The number of benzene rings is 2. The normalized spacial score (nSPS) is 15.4. The number of nitrogens with zero attached hydrogens (tertiary/aromatic N) is 3. The number of fused-ring (bicyclic) bond motifs is 1. The molecule has 0 unspecified atom stereocenters. The molecule has 3 heterocycles. The molecule has 8 heteroatoms. The molecule has 0 radical (unpaired) electrons. The molecule has 1 aromatic heterocycles. The van der Waals surface area contributed by atoms with E-state index in [0.29, 0.717) is 6.54 Å². The summed E-state index contributed by atoms with van der Waals surface area (Å²) in [5.41, 5.74) is 2.68. The van der Waals surface area contributed by atoms with E-state index in [-0.39, 0.29) is 18.6 Å². The molecule has 0 spiro atoms. The SMILES string of the molecule is COc1ccccc1-c1ccc(N2CCC(C(=O)NCc3ccc4c(c3)OCO4)CC2)nn1. The quantitative estimate of drug-likeness (QED) is 0.621. The van der Waals surface area contributed by atoms with Crippen LogP contribution in [0.1, 0.15) is 18.4 Å². The highest BCUT2D eigenvalue weighted by molar-refractivity contribution is 5.79. The summed E-state index contributed by atoms with van der Waals surface area (Å²) < 4.78 is 16.2. The van der Waals surface area contributed by atoms with Crippen molar-refractivity contribution >= 4 is 11.7 Å². The number of methoxy groups -OCH3 is 1. The third kappa shape index (κ3) is 4.55. The zero-order valence-electron chi connectivity index (χ0n) is 18.5. The van der Waals surface area contributed by atoms with Gasteiger partial charge in [-0.3, -0.25) is 4.79 Å². The largest absolute Gasteiger partial charge is 0.496 e. The van der Waals surface area contributed by atoms with Crippen molar-refractivity contribution in [3.8, 4) is 28.5 Å². The maximum absolute atomic E-state index is 12.7. The van der Waals surface area contributed by atoms with Crippen LogP contribution in [0.15, 0.2) is 54.6 Å². The van der Waals surface area contributed by atoms with E-state index in [9.17, 15) is 4.79 Å². The van der Waals surface area contributed by atoms with Gasteiger partial charge in [-0.2, -0.15) is 0 Å². The number of carbonyl (C=O) groups is 1. The lowest BCUT2D eigenvalue weighted by Gasteiger charge is -2.31. The Bertz CT molecular complexity index is 1130. The van der Waals surface area contributed by atoms with Gasteiger partial charge in [0.1, 0.15) is 5.75 Å². The summed E-state index contributed by atoms with van der Waals surface area (Å²) in [6.45, 7) is 2.26. The van der Waals surface area contributed by atoms with Gasteiger partial charge in [0.05, 0.1) is 12.8 Å². The van der Waals surface area contributed by atoms with E-state index in [1.54, 1.807) is 7.11 Å². The second-order valence-corrected chi connectivity index (χ2v) is 8.14. The Balaban J connectivity index is 1.14. The van der Waals surface area contributed by atoms with E-state index in [2.05, 4.69) is 20.4 Å². The van der Waals surface area contributed by atoms with Gasteiger partial charge in [-0.25, -0.2) is 0 Å². The van der Waals surface area contributed by atoms with Gasteiger partial charge in [0.15, 0.2) is 17.3 Å². The number of carbonyl (C=O) groups excluding carboxylic acids is 1. The Hall–Kier alpha value is -3.81. The number of hydrogen-bond acceptors (Lipinski definition) is 7. The van der Waals surface area contributed by atoms with Crippen LogP contribution in [-0.2, 0) is 11.3 Å². The molecular weight excluding hydrogens is 420 g/mol. The van der Waals surface area contributed by atoms with Crippen molar-refractivity contribution in [2.75, 3.05) is 31.9 Å². The van der Waals surface area contributed by atoms with E-state index >= 15 is 0 Å². The molecule has 0 atom stereocenters. The molecule has 1 saturated heterocycles. The number of amides is 1. The average Bonchev–Trinajstić information content (AvgIpc) is 3.35. The number of aromatic nitrogens is 2. The Morgan fingerprint density at radius 1 is 1.06 bits per heavy atom. The van der Waals surface area contributed by atoms with Gasteiger partial charge in [0, 0.05) is 31.1 Å². The average molecular weight is 447 g/mol. The lowest BCUT2D eigenvalue weighted by atomic mass is 9.96. The van der Waals surface area contributed by atoms with Crippen molar-refractivity contribution in [1.29, 1.82) is 0 Å². The topological polar surface area (TPSA) is 85.8 Å². The third-order valence-electron chi connectivity index (χ3n) is 6.13. The Kier molecular flexibility index (Phi) is 5.97. The van der Waals surface area contributed by atoms with Crippen LogP contribution in [-0.4, -0.2) is 43.1 Å². The minimum Gasteiger partial charge on any atom is -0.496 e. The first-order valence-corrected chi connectivity index (χ1v) is 11.1. The second kappa shape index (κ2) is 9.36. The number of ether oxygens (including phenoxy) is 3. The molecule has 0 bridgehead atoms. The van der Waals surface area contributed by atoms with Crippen LogP contribution in [0.3, 0.4) is 0 Å². The van der Waals surface area contributed by atoms with E-state index < -0.39 is 0 Å². The van der Waals surface area contributed by atoms with Gasteiger partial charge in [0.25, 0.3) is 0 Å². The molecule has 2 aromatic carbocycles. The number of hydrogen-bond donors (Lipinski definition) is 1. The van der Waals surface area contributed by atoms with Gasteiger partial charge < -0.3 is 24.4 Å². The van der Waals surface area contributed by atoms with Crippen LogP contribution in [0.4, 0.5) is 5.82 Å². The van der Waals surface area contributed by atoms with E-state index in [1.807, 2.05) is 54.6 Å². The van der Waals surface area contributed by atoms with Crippen LogP contribution in [0, 0.1) is 5.92 Å². The molecule has 1 amide bonds. The van der Waals surface area contributed by atoms with Crippen molar-refractivity contribution in [2.45, 2.75) is 19.4 Å². The molecule has 2 aliphatic rings. The Morgan fingerprint density at radius 2 is 1.88 bits per heavy atom. The molecule has 2 aliphatic heterocycles. The predicted octanol–water partition coefficient (Wildman–Crippen LogP) is 3.41. The Labute approximate surface area is 192 Å². The fourth-order valence-electron chi connectivity index (χ4n) is 4.25. The predicted molar refractivity (Wildman–Crippen MR) is 123 cm³/mol. The fraction of sp³-hybridized carbons (Fsp3) is 0.320. The zero-order chi connectivity index (χ0) is 22.6. The highest BCUT2D eigenvalue weighted by Crippen LogP contribution is 2.32. The number of rotatable bonds is 6. The highest BCUT2D eigenvalue weighted by Gasteiger charge is 2.26. The summed E-state index contributed by atoms with van der Waals surface area (Å²) in [5.74, 6) is 3.16. The summed E-state index contributed by atoms with van der Waals surface area (Å²) >= 11 is 0. The molecule has 0 aliphatic carbocycles. The first kappa shape index (κ1) is 21.1. The minimum atomic E-state index is -0.00364. The molecular formula is C25H26N4O4. The van der Waals surface area contributed by atoms with Crippen molar-refractivity contribution in [2.24, 2.45) is 5.92 Å². The standard InChI is InChI=1S/C25H26N4O4/c1-31-21-5-3-2-4-19(21)20-7-9-24(28-27-20)29-12-10-18(11-13-29)25(30)26-15-17-6-8-22-23(14-17)33-16-32-22/h2-9,14,18H,10-13,15-16H2,1H3,(H,26,30). The molecule has 170 valence electrons. The van der Waals surface area contributed by atoms with Crippen LogP contribution in [0.2, 0.25) is 0 Å². The number of nitrogens with one attached hydrogen (secondary N) is 1. The van der Waals surface area contributed by atoms with Crippen molar-refractivity contribution < 1.29 is 19.0 Å². The zero-order valence-corrected chi connectivity index (χ0v) is 18.5. The molecule has 1 fully saturated rings. The molecule has 5 rings (SSSR count). The minimum absolute atomic E-state index is 0.00364. The summed E-state index contributed by atoms with van der Waals surface area (Å²) in [7, 11) is 1.65. The molecule has 3 aromatic rings. The fourth-order valence-corrected chi connectivity index (χ4v) is 4.25. The van der Waals surface area contributed by atoms with Crippen molar-refractivity contribution in [1.82, 2.24) is 15.5 Å². The van der Waals surface area contributed by atoms with E-state index in [4.69, 9.17) is 14.2 Å². The summed E-state index contributed by atoms with van der Waals surface area (Å²) in [6.07, 6.45) is 1.56. The number of piperidine rings is 1. The first-order chi connectivity index (χ1) is 16.2. The van der Waals surface area contributed by atoms with Crippen molar-refractivity contribution in [3.05, 3.63) is 60.2 Å². The van der Waals surface area contributed by atoms with Crippen LogP contribution >= 0.6 is 0 Å². The van der Waals surface area contributed by atoms with E-state index in [0.717, 1.165) is 65.8 Å². The van der Waals surface area contributed by atoms with E-state index in [1.165, 1.54) is 0 Å². The van der Waals surface area contributed by atoms with Crippen LogP contribution in [0.5, 0.6) is 17.2 Å². The summed E-state index contributed by atoms with van der Waals surface area (Å²) in [5, 5.41) is 11.9. The van der Waals surface area contributed by atoms with Gasteiger partial charge in [-0.15, -0.1) is 10.2 Å². The number of para-hydroxylation sites is 1. The highest BCUT2D eigenvalue weighted by atomic mass is 16.7. The Morgan fingerprint density at radius 3 is 2.67 bits per heavy atom. The first-order valence-electron chi connectivity index (χ1n) is 11.1. The molecule has 0 saturated carbocycles. The summed E-state index contributed by atoms with van der Waals surface area (Å²) in [6, 6.07) is 17.4. The second-order valence-electron chi connectivity index (χ2n) is 8.14.